The molecule has 0 saturated heterocycles. The van der Waals surface area contributed by atoms with Crippen LogP contribution in [0, 0.1) is 12.7 Å². The zero-order chi connectivity index (χ0) is 24.2. The SMILES string of the molecule is COc1cnc(C(=O)Nc2ccc(F)c([C@@]3(C)N=C(N)C(C)(C)S4(=O)=NCC[C@@H]34)c2)c(C)c1. The van der Waals surface area contributed by atoms with E-state index in [9.17, 15) is 9.00 Å². The molecular weight excluding hydrogens is 445 g/mol. The summed E-state index contributed by atoms with van der Waals surface area (Å²) in [6, 6.07) is 5.97. The molecule has 3 heterocycles. The number of hydrogen-bond donors (Lipinski definition) is 2. The van der Waals surface area contributed by atoms with Gasteiger partial charge in [-0.05, 0) is 63.9 Å². The summed E-state index contributed by atoms with van der Waals surface area (Å²) in [7, 11) is -1.27. The summed E-state index contributed by atoms with van der Waals surface area (Å²) in [6.07, 6.45) is 1.97. The number of amides is 1. The smallest absolute Gasteiger partial charge is 0.274 e. The molecule has 8 nitrogen and oxygen atoms in total. The molecule has 33 heavy (non-hydrogen) atoms. The van der Waals surface area contributed by atoms with Crippen LogP contribution in [-0.4, -0.2) is 44.6 Å². The van der Waals surface area contributed by atoms with Crippen LogP contribution in [0.15, 0.2) is 39.8 Å². The molecule has 0 fully saturated rings. The predicted octanol–water partition coefficient (Wildman–Crippen LogP) is 3.39. The number of benzene rings is 1. The number of aromatic nitrogens is 1. The highest BCUT2D eigenvalue weighted by molar-refractivity contribution is 7.96. The quantitative estimate of drug-likeness (QED) is 0.705. The normalized spacial score (nSPS) is 27.8. The minimum Gasteiger partial charge on any atom is -0.495 e. The van der Waals surface area contributed by atoms with Gasteiger partial charge in [0, 0.05) is 17.8 Å². The molecule has 3 atom stereocenters. The molecule has 2 aromatic rings. The number of aryl methyl sites for hydroxylation is 1. The molecule has 0 radical (unpaired) electrons. The molecule has 1 amide bonds. The molecule has 2 aliphatic heterocycles. The number of rotatable bonds is 4. The number of halogens is 1. The third-order valence-corrected chi connectivity index (χ3v) is 10.4. The maximum atomic E-state index is 15.1. The second kappa shape index (κ2) is 7.79. The molecule has 2 aliphatic rings. The lowest BCUT2D eigenvalue weighted by Crippen LogP contribution is -2.58. The Bertz CT molecular complexity index is 1300. The van der Waals surface area contributed by atoms with Crippen LogP contribution < -0.4 is 15.8 Å². The molecule has 10 heteroatoms. The topological polar surface area (TPSA) is 119 Å². The van der Waals surface area contributed by atoms with E-state index in [1.165, 1.54) is 31.5 Å². The van der Waals surface area contributed by atoms with Crippen LogP contribution in [0.25, 0.3) is 0 Å². The average molecular weight is 474 g/mol. The highest BCUT2D eigenvalue weighted by atomic mass is 32.2. The molecule has 0 spiro atoms. The summed E-state index contributed by atoms with van der Waals surface area (Å²) in [6.45, 7) is 7.44. The molecule has 3 N–H and O–H groups in total. The fourth-order valence-electron chi connectivity index (χ4n) is 4.58. The van der Waals surface area contributed by atoms with Crippen molar-refractivity contribution in [2.24, 2.45) is 15.1 Å². The van der Waals surface area contributed by atoms with Crippen LogP contribution in [0.2, 0.25) is 0 Å². The number of aliphatic imine (C=N–C) groups is 1. The van der Waals surface area contributed by atoms with Crippen LogP contribution in [-0.2, 0) is 15.3 Å². The van der Waals surface area contributed by atoms with Gasteiger partial charge in [0.05, 0.1) is 28.3 Å². The van der Waals surface area contributed by atoms with Crippen LogP contribution >= 0.6 is 0 Å². The zero-order valence-corrected chi connectivity index (χ0v) is 20.1. The van der Waals surface area contributed by atoms with E-state index in [0.717, 1.165) is 0 Å². The van der Waals surface area contributed by atoms with E-state index < -0.39 is 37.0 Å². The van der Waals surface area contributed by atoms with Crippen molar-refractivity contribution < 1.29 is 18.1 Å². The number of ether oxygens (including phenoxy) is 1. The van der Waals surface area contributed by atoms with E-state index in [-0.39, 0.29) is 17.1 Å². The van der Waals surface area contributed by atoms with Gasteiger partial charge in [-0.1, -0.05) is 0 Å². The Morgan fingerprint density at radius 2 is 2.03 bits per heavy atom. The van der Waals surface area contributed by atoms with Crippen molar-refractivity contribution in [3.05, 3.63) is 53.1 Å². The summed E-state index contributed by atoms with van der Waals surface area (Å²) in [4.78, 5) is 21.7. The lowest BCUT2D eigenvalue weighted by Gasteiger charge is -2.44. The third kappa shape index (κ3) is 3.47. The fraction of sp³-hybridized carbons (Fsp3) is 0.435. The number of nitrogens with zero attached hydrogens (tertiary/aromatic N) is 3. The van der Waals surface area contributed by atoms with E-state index in [4.69, 9.17) is 10.5 Å². The van der Waals surface area contributed by atoms with Crippen molar-refractivity contribution in [3.8, 4) is 5.75 Å². The Balaban J connectivity index is 1.74. The van der Waals surface area contributed by atoms with Crippen molar-refractivity contribution in [1.29, 1.82) is 0 Å². The van der Waals surface area contributed by atoms with Crippen molar-refractivity contribution in [1.82, 2.24) is 4.98 Å². The second-order valence-electron chi connectivity index (χ2n) is 9.04. The van der Waals surface area contributed by atoms with Gasteiger partial charge < -0.3 is 15.8 Å². The van der Waals surface area contributed by atoms with E-state index in [1.807, 2.05) is 0 Å². The summed E-state index contributed by atoms with van der Waals surface area (Å²) >= 11 is 0. The van der Waals surface area contributed by atoms with Gasteiger partial charge in [-0.25, -0.2) is 17.9 Å². The number of carbonyl (C=O) groups is 1. The summed E-state index contributed by atoms with van der Waals surface area (Å²) in [5.74, 6) is -0.226. The van der Waals surface area contributed by atoms with Crippen LogP contribution in [0.1, 0.15) is 48.8 Å². The number of nitrogens with two attached hydrogens (primary N) is 1. The van der Waals surface area contributed by atoms with E-state index >= 15 is 4.39 Å². The van der Waals surface area contributed by atoms with E-state index in [2.05, 4.69) is 19.7 Å². The Hall–Kier alpha value is -3.01. The van der Waals surface area contributed by atoms with Gasteiger partial charge in [-0.2, -0.15) is 0 Å². The van der Waals surface area contributed by atoms with Crippen molar-refractivity contribution in [3.63, 3.8) is 0 Å². The number of amidine groups is 1. The van der Waals surface area contributed by atoms with Gasteiger partial charge >= 0.3 is 0 Å². The van der Waals surface area contributed by atoms with Gasteiger partial charge in [0.2, 0.25) is 0 Å². The minimum absolute atomic E-state index is 0.184. The highest BCUT2D eigenvalue weighted by Gasteiger charge is 2.56. The van der Waals surface area contributed by atoms with Gasteiger partial charge in [-0.3, -0.25) is 9.79 Å². The number of hydrogen-bond acceptors (Lipinski definition) is 7. The highest BCUT2D eigenvalue weighted by Crippen LogP contribution is 2.48. The van der Waals surface area contributed by atoms with E-state index in [0.29, 0.717) is 30.0 Å². The van der Waals surface area contributed by atoms with Gasteiger partial charge in [-0.15, -0.1) is 0 Å². The summed E-state index contributed by atoms with van der Waals surface area (Å²) in [5, 5.41) is 2.27. The molecular formula is C23H28FN5O3S. The maximum absolute atomic E-state index is 15.1. The molecule has 1 aromatic carbocycles. The lowest BCUT2D eigenvalue weighted by molar-refractivity contribution is 0.102. The van der Waals surface area contributed by atoms with Crippen LogP contribution in [0.3, 0.4) is 0 Å². The lowest BCUT2D eigenvalue weighted by atomic mass is 9.85. The second-order valence-corrected chi connectivity index (χ2v) is 12.0. The number of anilines is 1. The number of carbonyl (C=O) groups excluding carboxylic acids is 1. The zero-order valence-electron chi connectivity index (χ0n) is 19.3. The minimum atomic E-state index is -2.79. The predicted molar refractivity (Wildman–Crippen MR) is 127 cm³/mol. The first-order chi connectivity index (χ1) is 15.4. The Morgan fingerprint density at radius 1 is 1.30 bits per heavy atom. The van der Waals surface area contributed by atoms with Gasteiger partial charge in [0.1, 0.15) is 33.4 Å². The largest absolute Gasteiger partial charge is 0.495 e. The monoisotopic (exact) mass is 473 g/mol. The Morgan fingerprint density at radius 3 is 2.70 bits per heavy atom. The first-order valence-corrected chi connectivity index (χ1v) is 12.2. The Kier molecular flexibility index (Phi) is 5.47. The van der Waals surface area contributed by atoms with Crippen molar-refractivity contribution >= 4 is 27.2 Å². The van der Waals surface area contributed by atoms with Crippen LogP contribution in [0.4, 0.5) is 10.1 Å². The molecule has 176 valence electrons. The summed E-state index contributed by atoms with van der Waals surface area (Å²) < 4.78 is 37.7. The van der Waals surface area contributed by atoms with Gasteiger partial charge in [0.15, 0.2) is 0 Å². The molecule has 1 aromatic heterocycles. The standard InChI is InChI=1S/C23H28FN5O3S/c1-13-10-15(32-5)12-26-19(13)20(30)28-14-6-7-17(24)16(11-14)23(4)18-8-9-27-33(18,31)22(2,3)21(25)29-23/h6-7,10-12,18H,8-9H2,1-5H3,(H2,25,29)(H,28,30)/t18-,23+,33?/m0/s1. The maximum Gasteiger partial charge on any atom is 0.274 e. The molecule has 0 bridgehead atoms. The van der Waals surface area contributed by atoms with Crippen molar-refractivity contribution in [2.45, 2.75) is 49.7 Å². The number of fused-ring (bicyclic) bond motifs is 1. The van der Waals surface area contributed by atoms with E-state index in [1.54, 1.807) is 33.8 Å². The number of methoxy groups -OCH3 is 1. The molecule has 4 rings (SSSR count). The Labute approximate surface area is 193 Å². The first-order valence-electron chi connectivity index (χ1n) is 10.6. The fourth-order valence-corrected chi connectivity index (χ4v) is 7.75. The molecule has 0 aliphatic carbocycles. The first kappa shape index (κ1) is 23.2. The molecule has 1 unspecified atom stereocenters. The molecule has 0 saturated carbocycles. The third-order valence-electron chi connectivity index (χ3n) is 6.66. The number of nitrogens with one attached hydrogen (secondary N) is 1. The van der Waals surface area contributed by atoms with Crippen LogP contribution in [0.5, 0.6) is 5.75 Å². The summed E-state index contributed by atoms with van der Waals surface area (Å²) in [5.41, 5.74) is 6.52. The van der Waals surface area contributed by atoms with Crippen molar-refractivity contribution in [2.75, 3.05) is 19.0 Å². The number of pyridine rings is 1. The van der Waals surface area contributed by atoms with Gasteiger partial charge in [0.25, 0.3) is 5.91 Å². The average Bonchev–Trinajstić information content (AvgIpc) is 3.18.